The normalized spacial score (nSPS) is 46.6. The minimum absolute atomic E-state index is 0.235. The summed E-state index contributed by atoms with van der Waals surface area (Å²) < 4.78 is 11.1. The van der Waals surface area contributed by atoms with Crippen LogP contribution in [-0.4, -0.2) is 58.0 Å². The first-order valence-corrected chi connectivity index (χ1v) is 7.08. The van der Waals surface area contributed by atoms with Crippen LogP contribution in [0.2, 0.25) is 0 Å². The fourth-order valence-corrected chi connectivity index (χ4v) is 3.29. The summed E-state index contributed by atoms with van der Waals surface area (Å²) in [5.74, 6) is 0. The van der Waals surface area contributed by atoms with Crippen LogP contribution in [0.1, 0.15) is 27.2 Å². The quantitative estimate of drug-likeness (QED) is 0.501. The van der Waals surface area contributed by atoms with E-state index < -0.39 is 30.0 Å². The van der Waals surface area contributed by atoms with Gasteiger partial charge in [0.1, 0.15) is 30.0 Å². The van der Waals surface area contributed by atoms with Crippen molar-refractivity contribution in [2.24, 2.45) is 0 Å². The third kappa shape index (κ3) is 1.89. The van der Waals surface area contributed by atoms with Gasteiger partial charge in [0.2, 0.25) is 0 Å². The van der Waals surface area contributed by atoms with E-state index in [2.05, 4.69) is 0 Å². The van der Waals surface area contributed by atoms with Crippen molar-refractivity contribution in [2.75, 3.05) is 6.61 Å². The maximum atomic E-state index is 10.6. The topological polar surface area (TPSA) is 82.5 Å². The minimum Gasteiger partial charge on any atom is -0.386 e. The van der Waals surface area contributed by atoms with Crippen LogP contribution in [0.15, 0.2) is 22.8 Å². The average molecular weight is 282 g/mol. The third-order valence-corrected chi connectivity index (χ3v) is 4.63. The molecule has 2 aliphatic heterocycles. The number of hydrogen-bond donors (Lipinski definition) is 3. The van der Waals surface area contributed by atoms with Gasteiger partial charge in [0.25, 0.3) is 0 Å². The Labute approximate surface area is 118 Å². The lowest BCUT2D eigenvalue weighted by Gasteiger charge is -2.39. The Balaban J connectivity index is 1.94. The molecule has 0 aromatic carbocycles. The van der Waals surface area contributed by atoms with E-state index in [0.717, 1.165) is 5.57 Å². The van der Waals surface area contributed by atoms with Crippen LogP contribution >= 0.6 is 0 Å². The van der Waals surface area contributed by atoms with Crippen LogP contribution in [0.3, 0.4) is 0 Å². The van der Waals surface area contributed by atoms with Crippen molar-refractivity contribution in [1.82, 2.24) is 0 Å². The van der Waals surface area contributed by atoms with Gasteiger partial charge in [-0.3, -0.25) is 0 Å². The van der Waals surface area contributed by atoms with E-state index in [1.165, 1.54) is 0 Å². The van der Waals surface area contributed by atoms with Gasteiger partial charge in [-0.15, -0.1) is 0 Å². The predicted molar refractivity (Wildman–Crippen MR) is 72.1 cm³/mol. The number of fused-ring (bicyclic) bond motifs is 1. The van der Waals surface area contributed by atoms with E-state index >= 15 is 0 Å². The molecule has 0 aromatic heterocycles. The van der Waals surface area contributed by atoms with Gasteiger partial charge in [0.05, 0.1) is 12.7 Å². The monoisotopic (exact) mass is 282 g/mol. The lowest BCUT2D eigenvalue weighted by molar-refractivity contribution is -0.0435. The van der Waals surface area contributed by atoms with Gasteiger partial charge in [-0.05, 0) is 31.9 Å². The summed E-state index contributed by atoms with van der Waals surface area (Å²) in [4.78, 5) is 0. The first-order chi connectivity index (χ1) is 9.38. The molecule has 0 bridgehead atoms. The van der Waals surface area contributed by atoms with Gasteiger partial charge in [-0.2, -0.15) is 0 Å². The van der Waals surface area contributed by atoms with E-state index in [-0.39, 0.29) is 12.7 Å². The zero-order valence-electron chi connectivity index (χ0n) is 12.0. The SMILES string of the molecule is CC(C)=CC[C@]12O[C@H]1[C@H](O)C1=C(CO[C@@H](C)[C@@H]1O)[C@@H]2O. The maximum Gasteiger partial charge on any atom is 0.131 e. The number of hydrogen-bond acceptors (Lipinski definition) is 5. The van der Waals surface area contributed by atoms with E-state index in [1.54, 1.807) is 6.92 Å². The Morgan fingerprint density at radius 3 is 2.65 bits per heavy atom. The van der Waals surface area contributed by atoms with Crippen LogP contribution in [-0.2, 0) is 9.47 Å². The molecule has 6 atom stereocenters. The van der Waals surface area contributed by atoms with E-state index in [4.69, 9.17) is 9.47 Å². The summed E-state index contributed by atoms with van der Waals surface area (Å²) >= 11 is 0. The molecule has 3 rings (SSSR count). The number of epoxide rings is 1. The van der Waals surface area contributed by atoms with Crippen LogP contribution in [0, 0.1) is 0 Å². The van der Waals surface area contributed by atoms with Gasteiger partial charge in [0.15, 0.2) is 0 Å². The van der Waals surface area contributed by atoms with Crippen molar-refractivity contribution in [3.05, 3.63) is 22.8 Å². The Hall–Kier alpha value is -0.720. The second-order valence-electron chi connectivity index (χ2n) is 6.27. The Kier molecular flexibility index (Phi) is 3.30. The van der Waals surface area contributed by atoms with E-state index in [9.17, 15) is 15.3 Å². The van der Waals surface area contributed by atoms with Gasteiger partial charge >= 0.3 is 0 Å². The summed E-state index contributed by atoms with van der Waals surface area (Å²) in [5, 5.41) is 31.2. The molecule has 2 heterocycles. The molecule has 0 saturated carbocycles. The molecule has 1 saturated heterocycles. The standard InChI is InChI=1S/C15H22O5/c1-7(2)4-5-15-13(18)9-6-19-8(3)11(16)10(9)12(17)14(15)20-15/h4,8,11-14,16-18H,5-6H2,1-3H3/t8-,11-,12+,13-,14-,15+/m0/s1. The first kappa shape index (κ1) is 14.2. The fraction of sp³-hybridized carbons (Fsp3) is 0.733. The van der Waals surface area contributed by atoms with Crippen LogP contribution in [0.5, 0.6) is 0 Å². The number of rotatable bonds is 2. The maximum absolute atomic E-state index is 10.6. The second kappa shape index (κ2) is 4.64. The zero-order valence-corrected chi connectivity index (χ0v) is 12.0. The molecule has 5 nitrogen and oxygen atoms in total. The summed E-state index contributed by atoms with van der Waals surface area (Å²) in [7, 11) is 0. The molecule has 20 heavy (non-hydrogen) atoms. The van der Waals surface area contributed by atoms with Crippen LogP contribution < -0.4 is 0 Å². The molecule has 0 radical (unpaired) electrons. The molecule has 3 aliphatic rings. The van der Waals surface area contributed by atoms with Crippen molar-refractivity contribution in [3.63, 3.8) is 0 Å². The molecule has 0 spiro atoms. The fourth-order valence-electron chi connectivity index (χ4n) is 3.29. The van der Waals surface area contributed by atoms with E-state index in [1.807, 2.05) is 19.9 Å². The zero-order chi connectivity index (χ0) is 14.7. The smallest absolute Gasteiger partial charge is 0.131 e. The highest BCUT2D eigenvalue weighted by atomic mass is 16.6. The second-order valence-corrected chi connectivity index (χ2v) is 6.27. The Morgan fingerprint density at radius 1 is 1.30 bits per heavy atom. The van der Waals surface area contributed by atoms with Crippen molar-refractivity contribution < 1.29 is 24.8 Å². The molecule has 5 heteroatoms. The number of aliphatic hydroxyl groups excluding tert-OH is 3. The summed E-state index contributed by atoms with van der Waals surface area (Å²) in [6, 6.07) is 0. The lowest BCUT2D eigenvalue weighted by atomic mass is 9.75. The molecule has 3 N–H and O–H groups in total. The van der Waals surface area contributed by atoms with E-state index in [0.29, 0.717) is 17.6 Å². The molecule has 0 unspecified atom stereocenters. The summed E-state index contributed by atoms with van der Waals surface area (Å²) in [6.45, 7) is 5.96. The van der Waals surface area contributed by atoms with Gasteiger partial charge in [-0.25, -0.2) is 0 Å². The Bertz CT molecular complexity index is 479. The molecule has 0 aromatic rings. The molecular formula is C15H22O5. The summed E-state index contributed by atoms with van der Waals surface area (Å²) in [5.41, 5.74) is 1.47. The number of aliphatic hydroxyl groups is 3. The van der Waals surface area contributed by atoms with Crippen molar-refractivity contribution in [3.8, 4) is 0 Å². The highest BCUT2D eigenvalue weighted by molar-refractivity contribution is 5.42. The molecule has 1 fully saturated rings. The number of ether oxygens (including phenoxy) is 2. The van der Waals surface area contributed by atoms with Crippen molar-refractivity contribution >= 4 is 0 Å². The van der Waals surface area contributed by atoms with Gasteiger partial charge < -0.3 is 24.8 Å². The van der Waals surface area contributed by atoms with Crippen molar-refractivity contribution in [2.45, 2.75) is 63.3 Å². The van der Waals surface area contributed by atoms with Crippen LogP contribution in [0.4, 0.5) is 0 Å². The first-order valence-electron chi connectivity index (χ1n) is 7.08. The largest absolute Gasteiger partial charge is 0.386 e. The lowest BCUT2D eigenvalue weighted by Crippen LogP contribution is -2.51. The summed E-state index contributed by atoms with van der Waals surface area (Å²) in [6.07, 6.45) is -0.824. The van der Waals surface area contributed by atoms with Crippen LogP contribution in [0.25, 0.3) is 0 Å². The molecule has 112 valence electrons. The molecule has 1 aliphatic carbocycles. The average Bonchev–Trinajstić information content (AvgIpc) is 3.14. The molecular weight excluding hydrogens is 260 g/mol. The highest BCUT2D eigenvalue weighted by Crippen LogP contribution is 2.54. The molecule has 0 amide bonds. The predicted octanol–water partition coefficient (Wildman–Crippen LogP) is 0.292. The van der Waals surface area contributed by atoms with Gasteiger partial charge in [0, 0.05) is 6.42 Å². The Morgan fingerprint density at radius 2 is 2.00 bits per heavy atom. The third-order valence-electron chi connectivity index (χ3n) is 4.63. The van der Waals surface area contributed by atoms with Crippen molar-refractivity contribution in [1.29, 1.82) is 0 Å². The number of allylic oxidation sites excluding steroid dienone is 1. The van der Waals surface area contributed by atoms with Gasteiger partial charge in [-0.1, -0.05) is 11.6 Å². The minimum atomic E-state index is -0.881. The highest BCUT2D eigenvalue weighted by Gasteiger charge is 2.68.